The molecule has 1 saturated heterocycles. The normalized spacial score (nSPS) is 15.7. The molecule has 0 aliphatic carbocycles. The molecule has 1 aromatic heterocycles. The van der Waals surface area contributed by atoms with Gasteiger partial charge in [0.25, 0.3) is 5.91 Å². The van der Waals surface area contributed by atoms with E-state index in [4.69, 9.17) is 10.00 Å². The molecule has 1 fully saturated rings. The number of aryl methyl sites for hydroxylation is 1. The molecule has 32 heavy (non-hydrogen) atoms. The van der Waals surface area contributed by atoms with Crippen molar-refractivity contribution in [1.29, 1.82) is 5.26 Å². The Hall–Kier alpha value is -1.59. The van der Waals surface area contributed by atoms with Gasteiger partial charge in [0.2, 0.25) is 0 Å². The third-order valence-electron chi connectivity index (χ3n) is 6.23. The first-order valence-corrected chi connectivity index (χ1v) is 11.6. The Labute approximate surface area is 219 Å². The van der Waals surface area contributed by atoms with Crippen LogP contribution in [0.25, 0.3) is 0 Å². The number of amides is 1. The van der Waals surface area contributed by atoms with E-state index in [1.165, 1.54) is 24.9 Å². The Balaban J connectivity index is 0.00000363. The zero-order valence-corrected chi connectivity index (χ0v) is 22.7. The Kier molecular flexibility index (Phi) is 10.0. The van der Waals surface area contributed by atoms with Crippen LogP contribution in [0.15, 0.2) is 29.6 Å². The number of piperidine rings is 1. The number of anilines is 1. The van der Waals surface area contributed by atoms with E-state index < -0.39 is 5.97 Å². The summed E-state index contributed by atoms with van der Waals surface area (Å²) in [5.41, 5.74) is 3.20. The van der Waals surface area contributed by atoms with E-state index in [0.29, 0.717) is 27.0 Å². The standard InChI is InChI=1S/C24H29N3O3S.Y/c1-4-20(23(28)26-21-17(2)16-31-22(21)24(29)30-3)27(12-6-5-7-13-27)15-19-10-8-18(14-25)9-11-19;/h8-11,16,20H,4-7,12-13,15H2,1-3H3;/p+1. The first-order chi connectivity index (χ1) is 14.9. The number of likely N-dealkylation sites (tertiary alicyclic amines) is 1. The van der Waals surface area contributed by atoms with Crippen molar-refractivity contribution < 1.29 is 51.5 Å². The molecule has 8 heteroatoms. The molecular weight excluding hydrogens is 499 g/mol. The van der Waals surface area contributed by atoms with Gasteiger partial charge in [-0.1, -0.05) is 19.1 Å². The van der Waals surface area contributed by atoms with Gasteiger partial charge in [-0.3, -0.25) is 4.79 Å². The van der Waals surface area contributed by atoms with Gasteiger partial charge in [-0.05, 0) is 49.3 Å². The molecule has 2 heterocycles. The number of quaternary nitrogens is 1. The van der Waals surface area contributed by atoms with Gasteiger partial charge < -0.3 is 14.5 Å². The fourth-order valence-corrected chi connectivity index (χ4v) is 5.56. The van der Waals surface area contributed by atoms with Gasteiger partial charge >= 0.3 is 5.97 Å². The number of methoxy groups -OCH3 is 1. The summed E-state index contributed by atoms with van der Waals surface area (Å²) in [6.07, 6.45) is 4.07. The van der Waals surface area contributed by atoms with E-state index in [1.807, 2.05) is 36.6 Å². The van der Waals surface area contributed by atoms with Crippen LogP contribution in [0.5, 0.6) is 0 Å². The fraction of sp³-hybridized carbons (Fsp3) is 0.458. The predicted molar refractivity (Wildman–Crippen MR) is 122 cm³/mol. The van der Waals surface area contributed by atoms with Crippen molar-refractivity contribution in [1.82, 2.24) is 0 Å². The molecule has 2 aromatic rings. The summed E-state index contributed by atoms with van der Waals surface area (Å²) in [6, 6.07) is 9.62. The smallest absolute Gasteiger partial charge is 0.350 e. The third-order valence-corrected chi connectivity index (χ3v) is 7.31. The van der Waals surface area contributed by atoms with Crippen molar-refractivity contribution in [3.05, 3.63) is 51.2 Å². The van der Waals surface area contributed by atoms with Crippen LogP contribution in [0.4, 0.5) is 5.69 Å². The summed E-state index contributed by atoms with van der Waals surface area (Å²) in [7, 11) is 1.35. The second-order valence-corrected chi connectivity index (χ2v) is 9.10. The van der Waals surface area contributed by atoms with Gasteiger partial charge in [-0.25, -0.2) is 4.79 Å². The summed E-state index contributed by atoms with van der Waals surface area (Å²) in [5, 5.41) is 14.0. The summed E-state index contributed by atoms with van der Waals surface area (Å²) in [5.74, 6) is -0.481. The zero-order chi connectivity index (χ0) is 22.4. The van der Waals surface area contributed by atoms with Crippen LogP contribution in [-0.2, 0) is 48.8 Å². The zero-order valence-electron chi connectivity index (χ0n) is 19.0. The number of benzene rings is 1. The van der Waals surface area contributed by atoms with Crippen LogP contribution < -0.4 is 5.32 Å². The van der Waals surface area contributed by atoms with Crippen molar-refractivity contribution in [3.63, 3.8) is 0 Å². The predicted octanol–water partition coefficient (Wildman–Crippen LogP) is 4.63. The molecule has 1 aromatic carbocycles. The quantitative estimate of drug-likeness (QED) is 0.419. The minimum absolute atomic E-state index is 0. The average Bonchev–Trinajstić information content (AvgIpc) is 3.15. The molecule has 0 bridgehead atoms. The first-order valence-electron chi connectivity index (χ1n) is 10.8. The van der Waals surface area contributed by atoms with E-state index >= 15 is 0 Å². The second-order valence-electron chi connectivity index (χ2n) is 8.22. The topological polar surface area (TPSA) is 79.2 Å². The molecule has 0 saturated carbocycles. The number of esters is 1. The minimum atomic E-state index is -0.430. The number of nitrogens with zero attached hydrogens (tertiary/aromatic N) is 2. The minimum Gasteiger partial charge on any atom is -0.465 e. The van der Waals surface area contributed by atoms with Gasteiger partial charge in [-0.15, -0.1) is 11.3 Å². The third kappa shape index (κ3) is 5.85. The van der Waals surface area contributed by atoms with Gasteiger partial charge in [0.05, 0.1) is 37.5 Å². The van der Waals surface area contributed by atoms with Crippen molar-refractivity contribution in [2.24, 2.45) is 0 Å². The Bertz CT molecular complexity index is 975. The van der Waals surface area contributed by atoms with E-state index in [0.717, 1.165) is 43.6 Å². The molecule has 1 radical (unpaired) electrons. The fourth-order valence-electron chi connectivity index (χ4n) is 4.64. The number of carbonyl (C=O) groups is 2. The Morgan fingerprint density at radius 3 is 2.44 bits per heavy atom. The Morgan fingerprint density at radius 2 is 1.88 bits per heavy atom. The molecular formula is C24H30N3O3SY+. The van der Waals surface area contributed by atoms with E-state index in [2.05, 4.69) is 18.3 Å². The number of hydrogen-bond donors (Lipinski definition) is 1. The van der Waals surface area contributed by atoms with Crippen LogP contribution in [0.2, 0.25) is 0 Å². The van der Waals surface area contributed by atoms with Crippen LogP contribution >= 0.6 is 11.3 Å². The van der Waals surface area contributed by atoms with E-state index in [9.17, 15) is 9.59 Å². The molecule has 6 nitrogen and oxygen atoms in total. The molecule has 167 valence electrons. The molecule has 1 unspecified atom stereocenters. The van der Waals surface area contributed by atoms with Crippen LogP contribution in [0.3, 0.4) is 0 Å². The second kappa shape index (κ2) is 12.0. The van der Waals surface area contributed by atoms with Crippen molar-refractivity contribution in [2.45, 2.75) is 52.1 Å². The maximum Gasteiger partial charge on any atom is 0.350 e. The maximum atomic E-state index is 13.5. The van der Waals surface area contributed by atoms with Crippen molar-refractivity contribution >= 4 is 28.9 Å². The number of ether oxygens (including phenoxy) is 1. The Morgan fingerprint density at radius 1 is 1.22 bits per heavy atom. The van der Waals surface area contributed by atoms with Gasteiger partial charge in [-0.2, -0.15) is 5.26 Å². The van der Waals surface area contributed by atoms with Gasteiger partial charge in [0.1, 0.15) is 11.4 Å². The number of carbonyl (C=O) groups excluding carboxylic acids is 2. The SMILES string of the molecule is CCC(C(=O)Nc1c(C)csc1C(=O)OC)[N+]1(Cc2ccc(C#N)cc2)CCCCC1.[Y]. The number of rotatable bonds is 7. The number of nitrogens with one attached hydrogen (secondary N) is 1. The van der Waals surface area contributed by atoms with Gasteiger partial charge in [0.15, 0.2) is 6.04 Å². The number of thiophene rings is 1. The monoisotopic (exact) mass is 529 g/mol. The molecule has 1 aliphatic rings. The molecule has 1 aliphatic heterocycles. The summed E-state index contributed by atoms with van der Waals surface area (Å²) >= 11 is 1.29. The number of hydrogen-bond acceptors (Lipinski definition) is 5. The van der Waals surface area contributed by atoms with Crippen molar-refractivity contribution in [3.8, 4) is 6.07 Å². The van der Waals surface area contributed by atoms with Crippen LogP contribution in [-0.4, -0.2) is 42.6 Å². The summed E-state index contributed by atoms with van der Waals surface area (Å²) in [4.78, 5) is 26.1. The number of nitriles is 1. The summed E-state index contributed by atoms with van der Waals surface area (Å²) in [6.45, 7) is 6.59. The summed E-state index contributed by atoms with van der Waals surface area (Å²) < 4.78 is 5.59. The molecule has 1 amide bonds. The van der Waals surface area contributed by atoms with Gasteiger partial charge in [0, 0.05) is 44.7 Å². The van der Waals surface area contributed by atoms with E-state index in [1.54, 1.807) is 0 Å². The van der Waals surface area contributed by atoms with Crippen molar-refractivity contribution in [2.75, 3.05) is 25.5 Å². The van der Waals surface area contributed by atoms with E-state index in [-0.39, 0.29) is 44.7 Å². The maximum absolute atomic E-state index is 13.5. The van der Waals surface area contributed by atoms with Crippen LogP contribution in [0.1, 0.15) is 59.0 Å². The largest absolute Gasteiger partial charge is 0.465 e. The van der Waals surface area contributed by atoms with Crippen LogP contribution in [0, 0.1) is 18.3 Å². The molecule has 1 atom stereocenters. The molecule has 1 N–H and O–H groups in total. The average molecular weight is 529 g/mol. The molecule has 0 spiro atoms. The molecule has 3 rings (SSSR count). The first kappa shape index (κ1) is 26.7.